The van der Waals surface area contributed by atoms with Crippen molar-refractivity contribution < 1.29 is 18.3 Å². The van der Waals surface area contributed by atoms with E-state index in [1.54, 1.807) is 13.2 Å². The topological polar surface area (TPSA) is 77.4 Å². The van der Waals surface area contributed by atoms with Crippen molar-refractivity contribution in [2.24, 2.45) is 0 Å². The molecule has 0 unspecified atom stereocenters. The van der Waals surface area contributed by atoms with Gasteiger partial charge in [0.25, 0.3) is 0 Å². The summed E-state index contributed by atoms with van der Waals surface area (Å²) in [6, 6.07) is 20.7. The fraction of sp³-hybridized carbons (Fsp3) is 0.310. The zero-order valence-electron chi connectivity index (χ0n) is 20.8. The molecule has 0 atom stereocenters. The van der Waals surface area contributed by atoms with Gasteiger partial charge in [-0.05, 0) is 66.9 Å². The predicted octanol–water partition coefficient (Wildman–Crippen LogP) is 5.31. The molecule has 6 nitrogen and oxygen atoms in total. The smallest absolute Gasteiger partial charge is 0.319 e. The van der Waals surface area contributed by atoms with Crippen LogP contribution in [0.3, 0.4) is 0 Å². The van der Waals surface area contributed by atoms with Gasteiger partial charge < -0.3 is 20.3 Å². The molecule has 1 aliphatic rings. The molecule has 1 saturated heterocycles. The molecule has 1 heterocycles. The molecule has 2 N–H and O–H groups in total. The van der Waals surface area contributed by atoms with Crippen LogP contribution in [0, 0.1) is 23.0 Å². The van der Waals surface area contributed by atoms with E-state index >= 15 is 0 Å². The van der Waals surface area contributed by atoms with Crippen LogP contribution in [-0.2, 0) is 10.2 Å². The highest BCUT2D eigenvalue weighted by Gasteiger charge is 2.36. The van der Waals surface area contributed by atoms with Gasteiger partial charge in [-0.15, -0.1) is 0 Å². The van der Waals surface area contributed by atoms with E-state index in [-0.39, 0.29) is 11.1 Å². The van der Waals surface area contributed by atoms with Crippen LogP contribution in [0.1, 0.15) is 24.0 Å². The summed E-state index contributed by atoms with van der Waals surface area (Å²) < 4.78 is 32.0. The van der Waals surface area contributed by atoms with Gasteiger partial charge >= 0.3 is 6.03 Å². The number of hydrogen-bond acceptors (Lipinski definition) is 4. The number of nitrogens with zero attached hydrogens (tertiary/aromatic N) is 2. The Morgan fingerprint density at radius 3 is 2.46 bits per heavy atom. The number of carbonyl (C=O) groups is 1. The van der Waals surface area contributed by atoms with Crippen molar-refractivity contribution >= 4 is 11.7 Å². The van der Waals surface area contributed by atoms with Crippen molar-refractivity contribution in [1.82, 2.24) is 10.2 Å². The van der Waals surface area contributed by atoms with Gasteiger partial charge in [0.05, 0.1) is 18.2 Å². The second kappa shape index (κ2) is 12.0. The number of ether oxygens (including phenoxy) is 1. The monoisotopic (exact) mass is 504 g/mol. The number of carbonyl (C=O) groups excluding carboxylic acids is 1. The number of nitriles is 1. The molecule has 37 heavy (non-hydrogen) atoms. The Bertz CT molecular complexity index is 1270. The first-order chi connectivity index (χ1) is 17.9. The number of halogens is 2. The largest absolute Gasteiger partial charge is 0.383 e. The van der Waals surface area contributed by atoms with Crippen LogP contribution in [0.25, 0.3) is 11.1 Å². The van der Waals surface area contributed by atoms with Gasteiger partial charge in [-0.3, -0.25) is 0 Å². The Kier molecular flexibility index (Phi) is 8.49. The number of piperidine rings is 1. The molecule has 0 radical (unpaired) electrons. The molecule has 4 rings (SSSR count). The zero-order valence-corrected chi connectivity index (χ0v) is 20.8. The molecule has 1 aliphatic heterocycles. The lowest BCUT2D eigenvalue weighted by atomic mass is 9.72. The first kappa shape index (κ1) is 26.3. The normalized spacial score (nSPS) is 15.1. The molecule has 2 amide bonds. The van der Waals surface area contributed by atoms with Crippen LogP contribution in [0.4, 0.5) is 19.3 Å². The second-order valence-corrected chi connectivity index (χ2v) is 9.32. The highest BCUT2D eigenvalue weighted by Crippen LogP contribution is 2.36. The molecule has 8 heteroatoms. The maximum Gasteiger partial charge on any atom is 0.319 e. The lowest BCUT2D eigenvalue weighted by Gasteiger charge is -2.42. The van der Waals surface area contributed by atoms with E-state index in [0.717, 1.165) is 61.3 Å². The van der Waals surface area contributed by atoms with Crippen molar-refractivity contribution in [2.75, 3.05) is 45.2 Å². The molecule has 0 bridgehead atoms. The summed E-state index contributed by atoms with van der Waals surface area (Å²) in [5.74, 6) is -1.98. The van der Waals surface area contributed by atoms with E-state index in [1.807, 2.05) is 30.3 Å². The third kappa shape index (κ3) is 6.50. The van der Waals surface area contributed by atoms with Crippen molar-refractivity contribution in [1.29, 1.82) is 5.26 Å². The van der Waals surface area contributed by atoms with Gasteiger partial charge in [0, 0.05) is 37.4 Å². The number of hydrogen-bond donors (Lipinski definition) is 2. The quantitative estimate of drug-likeness (QED) is 0.436. The SMILES string of the molecule is COCCN1CCC(CNC(=O)Nc2ccc(F)c(F)c2)(c2ccc(-c3cccc(C#N)c3)cc2)CC1. The van der Waals surface area contributed by atoms with Gasteiger partial charge in [-0.1, -0.05) is 36.4 Å². The maximum atomic E-state index is 13.5. The van der Waals surface area contributed by atoms with E-state index in [1.165, 1.54) is 6.07 Å². The van der Waals surface area contributed by atoms with E-state index in [2.05, 4.69) is 33.7 Å². The van der Waals surface area contributed by atoms with Crippen molar-refractivity contribution in [3.63, 3.8) is 0 Å². The molecule has 0 saturated carbocycles. The van der Waals surface area contributed by atoms with E-state index < -0.39 is 17.7 Å². The maximum absolute atomic E-state index is 13.5. The van der Waals surface area contributed by atoms with Gasteiger partial charge in [0.1, 0.15) is 0 Å². The van der Waals surface area contributed by atoms with Crippen molar-refractivity contribution in [2.45, 2.75) is 18.3 Å². The summed E-state index contributed by atoms with van der Waals surface area (Å²) in [5.41, 5.74) is 3.60. The predicted molar refractivity (Wildman–Crippen MR) is 139 cm³/mol. The lowest BCUT2D eigenvalue weighted by Crippen LogP contribution is -2.50. The average Bonchev–Trinajstić information content (AvgIpc) is 2.93. The number of likely N-dealkylation sites (tertiary alicyclic amines) is 1. The number of nitrogens with one attached hydrogen (secondary N) is 2. The number of urea groups is 1. The fourth-order valence-electron chi connectivity index (χ4n) is 4.78. The van der Waals surface area contributed by atoms with Crippen LogP contribution >= 0.6 is 0 Å². The van der Waals surface area contributed by atoms with E-state index in [4.69, 9.17) is 4.74 Å². The summed E-state index contributed by atoms with van der Waals surface area (Å²) in [5, 5.41) is 14.8. The third-order valence-corrected chi connectivity index (χ3v) is 7.01. The van der Waals surface area contributed by atoms with Crippen LogP contribution in [0.15, 0.2) is 66.7 Å². The molecule has 1 fully saturated rings. The minimum absolute atomic E-state index is 0.184. The Morgan fingerprint density at radius 1 is 1.03 bits per heavy atom. The highest BCUT2D eigenvalue weighted by molar-refractivity contribution is 5.89. The summed E-state index contributed by atoms with van der Waals surface area (Å²) >= 11 is 0. The molecule has 3 aromatic carbocycles. The summed E-state index contributed by atoms with van der Waals surface area (Å²) in [7, 11) is 1.69. The number of methoxy groups -OCH3 is 1. The number of rotatable bonds is 8. The highest BCUT2D eigenvalue weighted by atomic mass is 19.2. The molecule has 0 aliphatic carbocycles. The van der Waals surface area contributed by atoms with Gasteiger partial charge in [0.2, 0.25) is 0 Å². The number of amides is 2. The fourth-order valence-corrected chi connectivity index (χ4v) is 4.78. The standard InChI is InChI=1S/C29H30F2N4O2/c1-37-16-15-35-13-11-29(12-14-35,20-33-28(36)34-25-9-10-26(30)27(31)18-25)24-7-5-22(6-8-24)23-4-2-3-21(17-23)19-32/h2-10,17-18H,11-16,20H2,1H3,(H2,33,34,36). The molecular formula is C29H30F2N4O2. The molecule has 0 aromatic heterocycles. The van der Waals surface area contributed by atoms with Crippen LogP contribution in [0.5, 0.6) is 0 Å². The minimum Gasteiger partial charge on any atom is -0.383 e. The Balaban J connectivity index is 1.51. The Morgan fingerprint density at radius 2 is 1.78 bits per heavy atom. The Hall–Kier alpha value is -3.80. The first-order valence-corrected chi connectivity index (χ1v) is 12.2. The van der Waals surface area contributed by atoms with Gasteiger partial charge in [-0.2, -0.15) is 5.26 Å². The molecule has 3 aromatic rings. The average molecular weight is 505 g/mol. The molecule has 0 spiro atoms. The summed E-state index contributed by atoms with van der Waals surface area (Å²) in [4.78, 5) is 15.0. The van der Waals surface area contributed by atoms with E-state index in [9.17, 15) is 18.8 Å². The zero-order chi connectivity index (χ0) is 26.3. The van der Waals surface area contributed by atoms with Gasteiger partial charge in [0.15, 0.2) is 11.6 Å². The van der Waals surface area contributed by atoms with Crippen LogP contribution in [0.2, 0.25) is 0 Å². The Labute approximate surface area is 215 Å². The minimum atomic E-state index is -1.02. The summed E-state index contributed by atoms with van der Waals surface area (Å²) in [6.45, 7) is 3.64. The van der Waals surface area contributed by atoms with E-state index in [0.29, 0.717) is 18.7 Å². The van der Waals surface area contributed by atoms with Crippen molar-refractivity contribution in [3.8, 4) is 17.2 Å². The summed E-state index contributed by atoms with van der Waals surface area (Å²) in [6.07, 6.45) is 1.68. The first-order valence-electron chi connectivity index (χ1n) is 12.2. The third-order valence-electron chi connectivity index (χ3n) is 7.01. The van der Waals surface area contributed by atoms with Gasteiger partial charge in [-0.25, -0.2) is 13.6 Å². The molecule has 192 valence electrons. The molecular weight excluding hydrogens is 474 g/mol. The van der Waals surface area contributed by atoms with Crippen LogP contribution in [-0.4, -0.2) is 50.8 Å². The number of anilines is 1. The second-order valence-electron chi connectivity index (χ2n) is 9.32. The number of benzene rings is 3. The van der Waals surface area contributed by atoms with Crippen LogP contribution < -0.4 is 10.6 Å². The van der Waals surface area contributed by atoms with Crippen molar-refractivity contribution in [3.05, 3.63) is 89.5 Å². The lowest BCUT2D eigenvalue weighted by molar-refractivity contribution is 0.109.